The molecule has 31 heavy (non-hydrogen) atoms. The molecule has 0 radical (unpaired) electrons. The lowest BCUT2D eigenvalue weighted by atomic mass is 10.0. The number of nitrogens with zero attached hydrogens (tertiary/aromatic N) is 4. The van der Waals surface area contributed by atoms with Crippen molar-refractivity contribution in [2.45, 2.75) is 0 Å². The van der Waals surface area contributed by atoms with Gasteiger partial charge < -0.3 is 31.6 Å². The number of fused-ring (bicyclic) bond motifs is 1. The van der Waals surface area contributed by atoms with Crippen LogP contribution in [0.3, 0.4) is 0 Å². The van der Waals surface area contributed by atoms with Gasteiger partial charge in [-0.15, -0.1) is 0 Å². The predicted molar refractivity (Wildman–Crippen MR) is 116 cm³/mol. The molecule has 10 nitrogen and oxygen atoms in total. The van der Waals surface area contributed by atoms with Gasteiger partial charge in [-0.1, -0.05) is 16.4 Å². The molecule has 2 aromatic heterocycles. The van der Waals surface area contributed by atoms with Crippen molar-refractivity contribution in [1.29, 1.82) is 0 Å². The van der Waals surface area contributed by atoms with E-state index in [1.54, 1.807) is 37.4 Å². The van der Waals surface area contributed by atoms with Gasteiger partial charge in [-0.05, 0) is 42.5 Å². The third-order valence-electron chi connectivity index (χ3n) is 4.80. The van der Waals surface area contributed by atoms with Gasteiger partial charge in [0.25, 0.3) is 0 Å². The first-order valence-corrected chi connectivity index (χ1v) is 9.15. The summed E-state index contributed by atoms with van der Waals surface area (Å²) in [6.07, 6.45) is 1.52. The molecule has 0 bridgehead atoms. The zero-order chi connectivity index (χ0) is 22.0. The van der Waals surface area contributed by atoms with Crippen molar-refractivity contribution in [3.63, 3.8) is 0 Å². The van der Waals surface area contributed by atoms with E-state index in [0.29, 0.717) is 28.4 Å². The second kappa shape index (κ2) is 8.03. The van der Waals surface area contributed by atoms with E-state index in [0.717, 1.165) is 22.2 Å². The van der Waals surface area contributed by atoms with Crippen LogP contribution in [0.5, 0.6) is 5.75 Å². The van der Waals surface area contributed by atoms with Crippen LogP contribution in [0.4, 0.5) is 0 Å². The number of amidine groups is 2. The molecule has 10 heteroatoms. The van der Waals surface area contributed by atoms with E-state index in [1.807, 2.05) is 18.2 Å². The average Bonchev–Trinajstić information content (AvgIpc) is 3.25. The number of pyridine rings is 1. The van der Waals surface area contributed by atoms with Crippen molar-refractivity contribution < 1.29 is 15.2 Å². The highest BCUT2D eigenvalue weighted by atomic mass is 16.5. The first kappa shape index (κ1) is 19.7. The van der Waals surface area contributed by atoms with E-state index < -0.39 is 0 Å². The molecule has 0 unspecified atom stereocenters. The molecule has 0 saturated heterocycles. The maximum atomic E-state index is 8.90. The Kier molecular flexibility index (Phi) is 5.10. The lowest BCUT2D eigenvalue weighted by molar-refractivity contribution is 0.318. The number of hydrogen-bond donors (Lipinski definition) is 5. The highest BCUT2D eigenvalue weighted by Gasteiger charge is 2.17. The lowest BCUT2D eigenvalue weighted by Crippen LogP contribution is -2.13. The highest BCUT2D eigenvalue weighted by molar-refractivity contribution is 6.00. The van der Waals surface area contributed by atoms with Gasteiger partial charge in [-0.2, -0.15) is 0 Å². The third-order valence-corrected chi connectivity index (χ3v) is 4.80. The fraction of sp³-hybridized carbons (Fsp3) is 0.0476. The molecule has 0 spiro atoms. The topological polar surface area (TPSA) is 168 Å². The minimum atomic E-state index is -0.0201. The van der Waals surface area contributed by atoms with E-state index in [1.165, 1.54) is 6.20 Å². The molecule has 7 N–H and O–H groups in total. The summed E-state index contributed by atoms with van der Waals surface area (Å²) in [7, 11) is 1.58. The predicted octanol–water partition coefficient (Wildman–Crippen LogP) is 2.49. The van der Waals surface area contributed by atoms with Gasteiger partial charge in [-0.25, -0.2) is 4.98 Å². The first-order chi connectivity index (χ1) is 15.0. The van der Waals surface area contributed by atoms with Gasteiger partial charge >= 0.3 is 0 Å². The Bertz CT molecular complexity index is 1310. The van der Waals surface area contributed by atoms with Crippen molar-refractivity contribution >= 4 is 22.7 Å². The van der Waals surface area contributed by atoms with Gasteiger partial charge in [0, 0.05) is 22.9 Å². The van der Waals surface area contributed by atoms with Crippen molar-refractivity contribution in [2.24, 2.45) is 21.8 Å². The standard InChI is InChI=1S/C21H19N7O3/c1-31-18-13(15-7-6-12(10-24-15)20(23)28-30)3-2-4-14(18)21-25-16-8-5-11(19(22)27-29)9-17(16)26-21/h2-10,29-30H,1H3,(H2,22,27)(H2,23,28)(H,25,26). The number of hydrogen-bond acceptors (Lipinski definition) is 7. The molecular formula is C21H19N7O3. The molecule has 2 aromatic carbocycles. The van der Waals surface area contributed by atoms with E-state index >= 15 is 0 Å². The number of methoxy groups -OCH3 is 1. The van der Waals surface area contributed by atoms with Crippen LogP contribution < -0.4 is 16.2 Å². The van der Waals surface area contributed by atoms with Crippen molar-refractivity contribution in [3.8, 4) is 28.4 Å². The van der Waals surface area contributed by atoms with E-state index in [9.17, 15) is 0 Å². The van der Waals surface area contributed by atoms with Crippen LogP contribution >= 0.6 is 0 Å². The minimum absolute atomic E-state index is 0.0130. The molecule has 0 amide bonds. The van der Waals surface area contributed by atoms with Crippen LogP contribution in [0.2, 0.25) is 0 Å². The van der Waals surface area contributed by atoms with Gasteiger partial charge in [0.2, 0.25) is 0 Å². The number of nitrogens with two attached hydrogens (primary N) is 2. The fourth-order valence-corrected chi connectivity index (χ4v) is 3.26. The van der Waals surface area contributed by atoms with Crippen LogP contribution in [-0.4, -0.2) is 44.1 Å². The van der Waals surface area contributed by atoms with Gasteiger partial charge in [0.05, 0.1) is 29.4 Å². The minimum Gasteiger partial charge on any atom is -0.495 e. The Labute approximate surface area is 176 Å². The molecule has 156 valence electrons. The van der Waals surface area contributed by atoms with Crippen LogP contribution in [0.1, 0.15) is 11.1 Å². The summed E-state index contributed by atoms with van der Waals surface area (Å²) in [6, 6.07) is 14.4. The number of ether oxygens (including phenoxy) is 1. The smallest absolute Gasteiger partial charge is 0.171 e. The summed E-state index contributed by atoms with van der Waals surface area (Å²) in [5.74, 6) is 1.17. The zero-order valence-electron chi connectivity index (χ0n) is 16.4. The summed E-state index contributed by atoms with van der Waals surface area (Å²) in [6.45, 7) is 0. The quantitative estimate of drug-likeness (QED) is 0.144. The van der Waals surface area contributed by atoms with Gasteiger partial charge in [0.15, 0.2) is 11.7 Å². The summed E-state index contributed by atoms with van der Waals surface area (Å²) >= 11 is 0. The molecule has 0 atom stereocenters. The molecule has 0 aliphatic rings. The molecule has 0 aliphatic heterocycles. The lowest BCUT2D eigenvalue weighted by Gasteiger charge is -2.12. The van der Waals surface area contributed by atoms with Crippen LogP contribution in [0.25, 0.3) is 33.7 Å². The Morgan fingerprint density at radius 3 is 2.35 bits per heavy atom. The largest absolute Gasteiger partial charge is 0.495 e. The monoisotopic (exact) mass is 417 g/mol. The zero-order valence-corrected chi connectivity index (χ0v) is 16.4. The summed E-state index contributed by atoms with van der Waals surface area (Å²) in [4.78, 5) is 12.3. The highest BCUT2D eigenvalue weighted by Crippen LogP contribution is 2.37. The Hall–Kier alpha value is -4.60. The maximum Gasteiger partial charge on any atom is 0.171 e. The van der Waals surface area contributed by atoms with Crippen LogP contribution in [0, 0.1) is 0 Å². The third kappa shape index (κ3) is 3.57. The van der Waals surface area contributed by atoms with E-state index in [2.05, 4.69) is 25.3 Å². The molecule has 4 aromatic rings. The van der Waals surface area contributed by atoms with Gasteiger partial charge in [-0.3, -0.25) is 4.98 Å². The van der Waals surface area contributed by atoms with Crippen molar-refractivity contribution in [3.05, 3.63) is 65.9 Å². The number of nitrogens with one attached hydrogen (secondary N) is 1. The Morgan fingerprint density at radius 1 is 0.968 bits per heavy atom. The summed E-state index contributed by atoms with van der Waals surface area (Å²) in [5, 5.41) is 23.7. The number of oxime groups is 2. The van der Waals surface area contributed by atoms with Crippen LogP contribution in [-0.2, 0) is 0 Å². The molecular weight excluding hydrogens is 398 g/mol. The fourth-order valence-electron chi connectivity index (χ4n) is 3.26. The number of H-pyrrole nitrogens is 1. The van der Waals surface area contributed by atoms with Gasteiger partial charge in [0.1, 0.15) is 11.6 Å². The molecule has 0 fully saturated rings. The molecule has 2 heterocycles. The average molecular weight is 417 g/mol. The maximum absolute atomic E-state index is 8.90. The SMILES string of the molecule is COc1c(-c2ccc(/C(N)=N\O)cn2)cccc1-c1nc2ccc(/C(N)=N\O)cc2[nH]1. The summed E-state index contributed by atoms with van der Waals surface area (Å²) in [5.41, 5.74) is 16.0. The Balaban J connectivity index is 1.80. The number of imidazole rings is 1. The van der Waals surface area contributed by atoms with E-state index in [4.69, 9.17) is 26.6 Å². The Morgan fingerprint density at radius 2 is 1.68 bits per heavy atom. The van der Waals surface area contributed by atoms with Crippen LogP contribution in [0.15, 0.2) is 65.0 Å². The number of aromatic nitrogens is 3. The number of benzene rings is 2. The molecule has 0 aliphatic carbocycles. The molecule has 0 saturated carbocycles. The van der Waals surface area contributed by atoms with Crippen molar-refractivity contribution in [2.75, 3.05) is 7.11 Å². The molecule has 4 rings (SSSR count). The normalized spacial score (nSPS) is 12.3. The summed E-state index contributed by atoms with van der Waals surface area (Å²) < 4.78 is 5.70. The number of para-hydroxylation sites is 1. The van der Waals surface area contributed by atoms with E-state index in [-0.39, 0.29) is 11.7 Å². The van der Waals surface area contributed by atoms with Crippen molar-refractivity contribution in [1.82, 2.24) is 15.0 Å². The second-order valence-corrected chi connectivity index (χ2v) is 6.61. The number of rotatable bonds is 5. The second-order valence-electron chi connectivity index (χ2n) is 6.61. The number of aromatic amines is 1. The first-order valence-electron chi connectivity index (χ1n) is 9.15.